The van der Waals surface area contributed by atoms with E-state index >= 15 is 0 Å². The standard InChI is InChI=1S/C27H24N2O4S/c30-27(22-12-9-13-23(20-22)29-34(31,32)24-14-5-2-6-15-24)28-18-19-33-26-17-8-7-16-25(26)21-10-3-1-4-11-21/h1-17,20,29H,18-19H2,(H,28,30). The molecule has 0 saturated heterocycles. The Kier molecular flexibility index (Phi) is 7.25. The average Bonchev–Trinajstić information content (AvgIpc) is 2.88. The number of carbonyl (C=O) groups excluding carboxylic acids is 1. The van der Waals surface area contributed by atoms with Crippen molar-refractivity contribution in [3.63, 3.8) is 0 Å². The van der Waals surface area contributed by atoms with Crippen LogP contribution >= 0.6 is 0 Å². The molecule has 0 spiro atoms. The van der Waals surface area contributed by atoms with Crippen LogP contribution in [0, 0.1) is 0 Å². The van der Waals surface area contributed by atoms with Gasteiger partial charge in [-0.05, 0) is 42.0 Å². The van der Waals surface area contributed by atoms with Gasteiger partial charge in [0, 0.05) is 16.8 Å². The van der Waals surface area contributed by atoms with Crippen molar-refractivity contribution in [1.82, 2.24) is 5.32 Å². The summed E-state index contributed by atoms with van der Waals surface area (Å²) in [5, 5.41) is 2.81. The Morgan fingerprint density at radius 3 is 2.21 bits per heavy atom. The maximum atomic E-state index is 12.6. The zero-order valence-corrected chi connectivity index (χ0v) is 19.2. The van der Waals surface area contributed by atoms with Crippen molar-refractivity contribution >= 4 is 21.6 Å². The van der Waals surface area contributed by atoms with Gasteiger partial charge in [-0.3, -0.25) is 9.52 Å². The van der Waals surface area contributed by atoms with E-state index in [4.69, 9.17) is 4.74 Å². The Balaban J connectivity index is 1.34. The highest BCUT2D eigenvalue weighted by molar-refractivity contribution is 7.92. The molecule has 0 aromatic heterocycles. The first-order valence-corrected chi connectivity index (χ1v) is 12.2. The molecule has 0 fully saturated rings. The first kappa shape index (κ1) is 23.1. The lowest BCUT2D eigenvalue weighted by Crippen LogP contribution is -2.28. The van der Waals surface area contributed by atoms with Gasteiger partial charge in [0.1, 0.15) is 12.4 Å². The monoisotopic (exact) mass is 472 g/mol. The number of para-hydroxylation sites is 1. The molecule has 34 heavy (non-hydrogen) atoms. The number of hydrogen-bond acceptors (Lipinski definition) is 4. The Morgan fingerprint density at radius 1 is 0.765 bits per heavy atom. The topological polar surface area (TPSA) is 84.5 Å². The maximum Gasteiger partial charge on any atom is 0.261 e. The Labute approximate surface area is 199 Å². The Hall–Kier alpha value is -4.10. The minimum Gasteiger partial charge on any atom is -0.491 e. The number of rotatable bonds is 9. The van der Waals surface area contributed by atoms with E-state index in [0.717, 1.165) is 16.9 Å². The molecule has 4 aromatic rings. The largest absolute Gasteiger partial charge is 0.491 e. The second-order valence-electron chi connectivity index (χ2n) is 7.47. The van der Waals surface area contributed by atoms with Crippen molar-refractivity contribution in [3.05, 3.63) is 115 Å². The molecule has 4 aromatic carbocycles. The molecule has 2 N–H and O–H groups in total. The van der Waals surface area contributed by atoms with Crippen molar-refractivity contribution < 1.29 is 17.9 Å². The van der Waals surface area contributed by atoms with Crippen LogP contribution in [0.5, 0.6) is 5.75 Å². The van der Waals surface area contributed by atoms with Crippen molar-refractivity contribution in [2.45, 2.75) is 4.90 Å². The summed E-state index contributed by atoms with van der Waals surface area (Å²) < 4.78 is 33.5. The van der Waals surface area contributed by atoms with Crippen LogP contribution < -0.4 is 14.8 Å². The molecule has 0 heterocycles. The van der Waals surface area contributed by atoms with Crippen LogP contribution in [0.4, 0.5) is 5.69 Å². The normalized spacial score (nSPS) is 10.9. The summed E-state index contributed by atoms with van der Waals surface area (Å²) in [6.07, 6.45) is 0. The fraction of sp³-hybridized carbons (Fsp3) is 0.0741. The minimum absolute atomic E-state index is 0.151. The molecule has 0 radical (unpaired) electrons. The lowest BCUT2D eigenvalue weighted by atomic mass is 10.1. The SMILES string of the molecule is O=C(NCCOc1ccccc1-c1ccccc1)c1cccc(NS(=O)(=O)c2ccccc2)c1. The molecule has 0 aliphatic rings. The van der Waals surface area contributed by atoms with Gasteiger partial charge in [0.2, 0.25) is 0 Å². The molecular weight excluding hydrogens is 448 g/mol. The van der Waals surface area contributed by atoms with E-state index in [1.807, 2.05) is 54.6 Å². The minimum atomic E-state index is -3.74. The second kappa shape index (κ2) is 10.7. The third-order valence-corrected chi connectivity index (χ3v) is 6.44. The number of sulfonamides is 1. The molecule has 1 amide bonds. The molecular formula is C27H24N2O4S. The van der Waals surface area contributed by atoms with Crippen LogP contribution in [0.15, 0.2) is 114 Å². The summed E-state index contributed by atoms with van der Waals surface area (Å²) >= 11 is 0. The van der Waals surface area contributed by atoms with Gasteiger partial charge in [-0.2, -0.15) is 0 Å². The summed E-state index contributed by atoms with van der Waals surface area (Å²) in [7, 11) is -3.74. The predicted octanol–water partition coefficient (Wildman–Crippen LogP) is 4.96. The van der Waals surface area contributed by atoms with E-state index in [2.05, 4.69) is 10.0 Å². The van der Waals surface area contributed by atoms with Crippen LogP contribution in [0.25, 0.3) is 11.1 Å². The first-order valence-electron chi connectivity index (χ1n) is 10.8. The zero-order chi connectivity index (χ0) is 23.8. The van der Waals surface area contributed by atoms with Gasteiger partial charge in [-0.15, -0.1) is 0 Å². The van der Waals surface area contributed by atoms with E-state index in [9.17, 15) is 13.2 Å². The quantitative estimate of drug-likeness (QED) is 0.337. The van der Waals surface area contributed by atoms with Crippen molar-refractivity contribution in [3.8, 4) is 16.9 Å². The lowest BCUT2D eigenvalue weighted by molar-refractivity contribution is 0.0947. The van der Waals surface area contributed by atoms with Gasteiger partial charge in [0.15, 0.2) is 0 Å². The van der Waals surface area contributed by atoms with Gasteiger partial charge in [0.25, 0.3) is 15.9 Å². The average molecular weight is 473 g/mol. The summed E-state index contributed by atoms with van der Waals surface area (Å²) in [6.45, 7) is 0.581. The second-order valence-corrected chi connectivity index (χ2v) is 9.15. The van der Waals surface area contributed by atoms with Crippen molar-refractivity contribution in [2.75, 3.05) is 17.9 Å². The molecule has 0 aliphatic carbocycles. The van der Waals surface area contributed by atoms with E-state index in [-0.39, 0.29) is 17.4 Å². The van der Waals surface area contributed by atoms with E-state index in [0.29, 0.717) is 17.8 Å². The molecule has 0 aliphatic heterocycles. The Morgan fingerprint density at radius 2 is 1.44 bits per heavy atom. The van der Waals surface area contributed by atoms with Crippen LogP contribution in [0.2, 0.25) is 0 Å². The summed E-state index contributed by atoms with van der Waals surface area (Å²) in [5.41, 5.74) is 2.69. The zero-order valence-electron chi connectivity index (χ0n) is 18.3. The highest BCUT2D eigenvalue weighted by Crippen LogP contribution is 2.29. The number of ether oxygens (including phenoxy) is 1. The van der Waals surface area contributed by atoms with Gasteiger partial charge in [-0.25, -0.2) is 8.42 Å². The molecule has 0 bridgehead atoms. The van der Waals surface area contributed by atoms with Crippen molar-refractivity contribution in [2.24, 2.45) is 0 Å². The highest BCUT2D eigenvalue weighted by atomic mass is 32.2. The molecule has 4 rings (SSSR count). The number of carbonyl (C=O) groups is 1. The number of hydrogen-bond donors (Lipinski definition) is 2. The molecule has 6 nitrogen and oxygen atoms in total. The van der Waals surface area contributed by atoms with Gasteiger partial charge in [0.05, 0.1) is 11.4 Å². The fourth-order valence-corrected chi connectivity index (χ4v) is 4.48. The van der Waals surface area contributed by atoms with E-state index in [1.165, 1.54) is 18.2 Å². The van der Waals surface area contributed by atoms with Crippen LogP contribution in [-0.2, 0) is 10.0 Å². The number of amides is 1. The third kappa shape index (κ3) is 5.82. The number of anilines is 1. The Bertz CT molecular complexity index is 1360. The van der Waals surface area contributed by atoms with E-state index in [1.54, 1.807) is 36.4 Å². The van der Waals surface area contributed by atoms with Gasteiger partial charge < -0.3 is 10.1 Å². The van der Waals surface area contributed by atoms with Crippen LogP contribution in [0.1, 0.15) is 10.4 Å². The summed E-state index contributed by atoms with van der Waals surface area (Å²) in [4.78, 5) is 12.7. The summed E-state index contributed by atoms with van der Waals surface area (Å²) in [5.74, 6) is 0.418. The summed E-state index contributed by atoms with van der Waals surface area (Å²) in [6, 6.07) is 32.1. The van der Waals surface area contributed by atoms with Crippen LogP contribution in [-0.4, -0.2) is 27.5 Å². The highest BCUT2D eigenvalue weighted by Gasteiger charge is 2.14. The molecule has 172 valence electrons. The maximum absolute atomic E-state index is 12.6. The third-order valence-electron chi connectivity index (χ3n) is 5.05. The van der Waals surface area contributed by atoms with Crippen LogP contribution in [0.3, 0.4) is 0 Å². The number of nitrogens with one attached hydrogen (secondary N) is 2. The molecule has 0 atom stereocenters. The van der Waals surface area contributed by atoms with E-state index < -0.39 is 10.0 Å². The predicted molar refractivity (Wildman–Crippen MR) is 133 cm³/mol. The van der Waals surface area contributed by atoms with Crippen molar-refractivity contribution in [1.29, 1.82) is 0 Å². The van der Waals surface area contributed by atoms with Gasteiger partial charge in [-0.1, -0.05) is 72.8 Å². The molecule has 0 unspecified atom stereocenters. The molecule has 0 saturated carbocycles. The molecule has 7 heteroatoms. The smallest absolute Gasteiger partial charge is 0.261 e. The lowest BCUT2D eigenvalue weighted by Gasteiger charge is -2.13. The van der Waals surface area contributed by atoms with Gasteiger partial charge >= 0.3 is 0 Å². The first-order chi connectivity index (χ1) is 16.5. The fourth-order valence-electron chi connectivity index (χ4n) is 3.41. The number of benzene rings is 4.